The van der Waals surface area contributed by atoms with Crippen molar-refractivity contribution in [3.05, 3.63) is 46.6 Å². The summed E-state index contributed by atoms with van der Waals surface area (Å²) in [7, 11) is 0. The van der Waals surface area contributed by atoms with Crippen molar-refractivity contribution < 1.29 is 14.0 Å². The number of hydrogen-bond acceptors (Lipinski definition) is 5. The molecule has 0 spiro atoms. The molecule has 2 aromatic heterocycles. The van der Waals surface area contributed by atoms with Crippen LogP contribution < -0.4 is 16.2 Å². The number of rotatable bonds is 3. The van der Waals surface area contributed by atoms with Gasteiger partial charge in [-0.1, -0.05) is 0 Å². The molecule has 2 atom stereocenters. The maximum absolute atomic E-state index is 14.0. The number of amides is 2. The number of nitrogens with zero attached hydrogens (tertiary/aromatic N) is 2. The normalized spacial score (nSPS) is 21.5. The number of aromatic amines is 1. The van der Waals surface area contributed by atoms with Crippen molar-refractivity contribution in [2.24, 2.45) is 5.92 Å². The summed E-state index contributed by atoms with van der Waals surface area (Å²) in [6.45, 7) is 1.55. The van der Waals surface area contributed by atoms with Crippen LogP contribution in [0, 0.1) is 11.7 Å². The van der Waals surface area contributed by atoms with Crippen molar-refractivity contribution in [2.45, 2.75) is 25.3 Å². The maximum atomic E-state index is 14.0. The van der Waals surface area contributed by atoms with E-state index in [1.807, 2.05) is 0 Å². The molecule has 160 valence electrons. The summed E-state index contributed by atoms with van der Waals surface area (Å²) in [5, 5.41) is 7.63. The quantitative estimate of drug-likeness (QED) is 0.557. The third-order valence-electron chi connectivity index (χ3n) is 6.08. The highest BCUT2D eigenvalue weighted by Gasteiger charge is 2.33. The summed E-state index contributed by atoms with van der Waals surface area (Å²) < 4.78 is 14.0. The van der Waals surface area contributed by atoms with E-state index in [1.54, 1.807) is 17.0 Å². The van der Waals surface area contributed by atoms with Gasteiger partial charge in [0.2, 0.25) is 11.8 Å². The Kier molecular flexibility index (Phi) is 4.80. The molecule has 4 heterocycles. The number of fused-ring (bicyclic) bond motifs is 3. The fraction of sp³-hybridized carbons (Fsp3) is 0.364. The van der Waals surface area contributed by atoms with Crippen LogP contribution in [0.3, 0.4) is 0 Å². The van der Waals surface area contributed by atoms with Crippen LogP contribution in [-0.2, 0) is 9.59 Å². The largest absolute Gasteiger partial charge is 0.365 e. The minimum Gasteiger partial charge on any atom is -0.365 e. The molecular weight excluding hydrogens is 401 g/mol. The lowest BCUT2D eigenvalue weighted by molar-refractivity contribution is -0.136. The van der Waals surface area contributed by atoms with E-state index < -0.39 is 5.82 Å². The number of pyridine rings is 2. The topological polar surface area (TPSA) is 107 Å². The van der Waals surface area contributed by atoms with E-state index in [0.717, 1.165) is 12.8 Å². The lowest BCUT2D eigenvalue weighted by Crippen LogP contribution is -2.47. The molecular formula is C22H22FN5O3. The van der Waals surface area contributed by atoms with Gasteiger partial charge in [-0.15, -0.1) is 0 Å². The SMILES string of the molecule is O=C1CC(C(=O)N2CCC[C@@H](Nc3nc4cc[nH]c(=O)c4c4cc(F)ccc34)C2)CN1. The molecule has 0 saturated carbocycles. The average molecular weight is 423 g/mol. The molecule has 2 fully saturated rings. The molecule has 2 aliphatic rings. The first kappa shape index (κ1) is 19.5. The Hall–Kier alpha value is -3.49. The molecule has 0 radical (unpaired) electrons. The molecule has 9 heteroatoms. The van der Waals surface area contributed by atoms with E-state index >= 15 is 0 Å². The van der Waals surface area contributed by atoms with Crippen molar-refractivity contribution >= 4 is 39.3 Å². The number of carbonyl (C=O) groups excluding carboxylic acids is 2. The summed E-state index contributed by atoms with van der Waals surface area (Å²) >= 11 is 0. The second kappa shape index (κ2) is 7.64. The number of aromatic nitrogens is 2. The van der Waals surface area contributed by atoms with Crippen molar-refractivity contribution in [3.8, 4) is 0 Å². The Morgan fingerprint density at radius 2 is 2.10 bits per heavy atom. The Labute approximate surface area is 176 Å². The number of H-pyrrole nitrogens is 1. The molecule has 2 amide bonds. The fourth-order valence-corrected chi connectivity index (χ4v) is 4.57. The fourth-order valence-electron chi connectivity index (χ4n) is 4.57. The van der Waals surface area contributed by atoms with Crippen LogP contribution in [0.1, 0.15) is 19.3 Å². The Bertz CT molecular complexity index is 1260. The molecule has 5 rings (SSSR count). The molecule has 8 nitrogen and oxygen atoms in total. The highest BCUT2D eigenvalue weighted by Crippen LogP contribution is 2.29. The predicted molar refractivity (Wildman–Crippen MR) is 114 cm³/mol. The second-order valence-corrected chi connectivity index (χ2v) is 8.19. The number of hydrogen-bond donors (Lipinski definition) is 3. The second-order valence-electron chi connectivity index (χ2n) is 8.19. The number of halogens is 1. The third kappa shape index (κ3) is 3.60. The van der Waals surface area contributed by atoms with Crippen LogP contribution in [0.2, 0.25) is 0 Å². The highest BCUT2D eigenvalue weighted by molar-refractivity contribution is 6.09. The van der Waals surface area contributed by atoms with Crippen LogP contribution in [0.25, 0.3) is 21.7 Å². The van der Waals surface area contributed by atoms with E-state index in [9.17, 15) is 18.8 Å². The zero-order valence-corrected chi connectivity index (χ0v) is 16.8. The molecule has 2 saturated heterocycles. The van der Waals surface area contributed by atoms with Crippen LogP contribution in [0.5, 0.6) is 0 Å². The first-order valence-electron chi connectivity index (χ1n) is 10.4. The molecule has 1 aromatic carbocycles. The van der Waals surface area contributed by atoms with E-state index in [-0.39, 0.29) is 35.8 Å². The van der Waals surface area contributed by atoms with Gasteiger partial charge in [0.1, 0.15) is 11.6 Å². The minimum absolute atomic E-state index is 0.00483. The van der Waals surface area contributed by atoms with Gasteiger partial charge in [-0.3, -0.25) is 14.4 Å². The van der Waals surface area contributed by atoms with Crippen LogP contribution >= 0.6 is 0 Å². The number of carbonyl (C=O) groups is 2. The smallest absolute Gasteiger partial charge is 0.258 e. The standard InChI is InChI=1S/C22H22FN5O3/c23-13-3-4-15-16(9-13)19-17(5-6-24-21(19)30)27-20(15)26-14-2-1-7-28(11-14)22(31)12-8-18(29)25-10-12/h3-6,9,12,14H,1-2,7-8,10-11H2,(H,24,30)(H,25,29)(H,26,27)/t12?,14-/m1/s1. The molecule has 31 heavy (non-hydrogen) atoms. The number of piperidine rings is 1. The van der Waals surface area contributed by atoms with Crippen LogP contribution in [0.15, 0.2) is 35.3 Å². The summed E-state index contributed by atoms with van der Waals surface area (Å²) in [4.78, 5) is 45.7. The van der Waals surface area contributed by atoms with Gasteiger partial charge in [-0.25, -0.2) is 9.37 Å². The molecule has 0 bridgehead atoms. The van der Waals surface area contributed by atoms with E-state index in [4.69, 9.17) is 0 Å². The van der Waals surface area contributed by atoms with Crippen molar-refractivity contribution in [1.82, 2.24) is 20.2 Å². The monoisotopic (exact) mass is 423 g/mol. The minimum atomic E-state index is -0.427. The first-order valence-corrected chi connectivity index (χ1v) is 10.4. The van der Waals surface area contributed by atoms with E-state index in [2.05, 4.69) is 20.6 Å². The van der Waals surface area contributed by atoms with Gasteiger partial charge in [0.25, 0.3) is 5.56 Å². The molecule has 3 N–H and O–H groups in total. The van der Waals surface area contributed by atoms with Crippen LogP contribution in [-0.4, -0.2) is 52.4 Å². The average Bonchev–Trinajstić information content (AvgIpc) is 3.19. The first-order chi connectivity index (χ1) is 15.0. The van der Waals surface area contributed by atoms with Crippen molar-refractivity contribution in [3.63, 3.8) is 0 Å². The van der Waals surface area contributed by atoms with Gasteiger partial charge < -0.3 is 20.5 Å². The third-order valence-corrected chi connectivity index (χ3v) is 6.08. The molecule has 2 aliphatic heterocycles. The van der Waals surface area contributed by atoms with Crippen LogP contribution in [0.4, 0.5) is 10.2 Å². The van der Waals surface area contributed by atoms with Crippen molar-refractivity contribution in [1.29, 1.82) is 0 Å². The molecule has 3 aromatic rings. The zero-order chi connectivity index (χ0) is 21.5. The summed E-state index contributed by atoms with van der Waals surface area (Å²) in [6.07, 6.45) is 3.44. The highest BCUT2D eigenvalue weighted by atomic mass is 19.1. The van der Waals surface area contributed by atoms with Gasteiger partial charge in [0.05, 0.1) is 16.8 Å². The number of anilines is 1. The summed E-state index contributed by atoms with van der Waals surface area (Å²) in [6, 6.07) is 5.96. The van der Waals surface area contributed by atoms with Gasteiger partial charge in [-0.2, -0.15) is 0 Å². The lowest BCUT2D eigenvalue weighted by Gasteiger charge is -2.35. The van der Waals surface area contributed by atoms with Gasteiger partial charge in [-0.05, 0) is 37.1 Å². The number of nitrogens with one attached hydrogen (secondary N) is 3. The van der Waals surface area contributed by atoms with E-state index in [1.165, 1.54) is 18.3 Å². The summed E-state index contributed by atoms with van der Waals surface area (Å²) in [5.74, 6) is -0.261. The zero-order valence-electron chi connectivity index (χ0n) is 16.8. The van der Waals surface area contributed by atoms with Gasteiger partial charge in [0, 0.05) is 49.1 Å². The Morgan fingerprint density at radius 3 is 2.90 bits per heavy atom. The van der Waals surface area contributed by atoms with Gasteiger partial charge in [0.15, 0.2) is 0 Å². The Morgan fingerprint density at radius 1 is 1.23 bits per heavy atom. The Balaban J connectivity index is 1.45. The number of benzene rings is 1. The van der Waals surface area contributed by atoms with Gasteiger partial charge >= 0.3 is 0 Å². The maximum Gasteiger partial charge on any atom is 0.258 e. The lowest BCUT2D eigenvalue weighted by atomic mass is 10.0. The summed E-state index contributed by atoms with van der Waals surface area (Å²) in [5.41, 5.74) is 0.157. The van der Waals surface area contributed by atoms with E-state index in [0.29, 0.717) is 47.1 Å². The number of likely N-dealkylation sites (tertiary alicyclic amines) is 1. The molecule has 0 aliphatic carbocycles. The predicted octanol–water partition coefficient (Wildman–Crippen LogP) is 1.75. The molecule has 1 unspecified atom stereocenters. The van der Waals surface area contributed by atoms with Crippen molar-refractivity contribution in [2.75, 3.05) is 25.0 Å².